The number of carbonyl (C=O) groups is 1. The fraction of sp³-hybridized carbons (Fsp3) is 0.933. The summed E-state index contributed by atoms with van der Waals surface area (Å²) in [4.78, 5) is 11.8. The van der Waals surface area contributed by atoms with E-state index in [4.69, 9.17) is 4.74 Å². The largest absolute Gasteiger partial charge is 0.465 e. The molecule has 0 rings (SSSR count). The first-order chi connectivity index (χ1) is 9.61. The van der Waals surface area contributed by atoms with Crippen LogP contribution in [-0.2, 0) is 9.53 Å². The molecule has 1 atom stereocenters. The van der Waals surface area contributed by atoms with Crippen LogP contribution in [0.25, 0.3) is 0 Å². The van der Waals surface area contributed by atoms with Crippen molar-refractivity contribution in [2.45, 2.75) is 76.9 Å². The Bertz CT molecular complexity index is 238. The maximum atomic E-state index is 12.0. The van der Waals surface area contributed by atoms with Gasteiger partial charge in [-0.3, -0.25) is 4.79 Å². The Kier molecular flexibility index (Phi) is 13.4. The topological polar surface area (TPSA) is 26.3 Å². The summed E-state index contributed by atoms with van der Waals surface area (Å²) in [6.07, 6.45) is 4.22. The molecule has 0 aromatic carbocycles. The molecule has 2 nitrogen and oxygen atoms in total. The number of hydrogen-bond donors (Lipinski definition) is 0. The molecule has 0 fully saturated rings. The van der Waals surface area contributed by atoms with E-state index >= 15 is 0 Å². The summed E-state index contributed by atoms with van der Waals surface area (Å²) >= 11 is 1.62. The zero-order chi connectivity index (χ0) is 15.2. The maximum Gasteiger partial charge on any atom is 0.319 e. The minimum Gasteiger partial charge on any atom is -0.465 e. The second-order valence-corrected chi connectivity index (χ2v) is 6.16. The number of esters is 1. The third-order valence-electron chi connectivity index (χ3n) is 3.01. The van der Waals surface area contributed by atoms with Crippen LogP contribution in [0.15, 0.2) is 0 Å². The van der Waals surface area contributed by atoms with Gasteiger partial charge in [-0.25, -0.2) is 8.78 Å². The number of halogens is 2. The lowest BCUT2D eigenvalue weighted by Gasteiger charge is -2.15. The van der Waals surface area contributed by atoms with E-state index in [0.29, 0.717) is 13.0 Å². The van der Waals surface area contributed by atoms with Crippen LogP contribution in [-0.4, -0.2) is 30.0 Å². The molecule has 0 aromatic rings. The highest BCUT2D eigenvalue weighted by Gasteiger charge is 2.19. The van der Waals surface area contributed by atoms with Gasteiger partial charge in [0.05, 0.1) is 6.61 Å². The second kappa shape index (κ2) is 13.7. The third kappa shape index (κ3) is 11.5. The average molecular weight is 310 g/mol. The lowest BCUT2D eigenvalue weighted by Crippen LogP contribution is -2.20. The van der Waals surface area contributed by atoms with Crippen LogP contribution in [0.1, 0.15) is 65.2 Å². The summed E-state index contributed by atoms with van der Waals surface area (Å²) in [5, 5.41) is -0.0865. The van der Waals surface area contributed by atoms with Gasteiger partial charge in [0.2, 0.25) is 6.43 Å². The predicted octanol–water partition coefficient (Wildman–Crippen LogP) is 5.06. The highest BCUT2D eigenvalue weighted by molar-refractivity contribution is 8.00. The number of ether oxygens (including phenoxy) is 1. The lowest BCUT2D eigenvalue weighted by molar-refractivity contribution is -0.142. The van der Waals surface area contributed by atoms with Gasteiger partial charge in [-0.1, -0.05) is 32.6 Å². The number of unbranched alkanes of at least 4 members (excludes halogenated alkanes) is 4. The van der Waals surface area contributed by atoms with E-state index in [1.807, 2.05) is 6.92 Å². The molecule has 1 unspecified atom stereocenters. The fourth-order valence-corrected chi connectivity index (χ4v) is 3.08. The fourth-order valence-electron chi connectivity index (χ4n) is 1.89. The summed E-state index contributed by atoms with van der Waals surface area (Å²) in [6.45, 7) is 4.36. The summed E-state index contributed by atoms with van der Waals surface area (Å²) < 4.78 is 29.0. The Morgan fingerprint density at radius 2 is 1.75 bits per heavy atom. The smallest absolute Gasteiger partial charge is 0.319 e. The molecule has 5 heteroatoms. The van der Waals surface area contributed by atoms with Crippen LogP contribution in [0.3, 0.4) is 0 Å². The van der Waals surface area contributed by atoms with Crippen molar-refractivity contribution in [3.63, 3.8) is 0 Å². The zero-order valence-corrected chi connectivity index (χ0v) is 13.5. The molecule has 0 saturated heterocycles. The third-order valence-corrected chi connectivity index (χ3v) is 4.36. The van der Waals surface area contributed by atoms with Crippen molar-refractivity contribution in [3.05, 3.63) is 0 Å². The summed E-state index contributed by atoms with van der Waals surface area (Å²) in [7, 11) is 0. The summed E-state index contributed by atoms with van der Waals surface area (Å²) in [5.41, 5.74) is 0. The van der Waals surface area contributed by atoms with E-state index in [0.717, 1.165) is 44.3 Å². The van der Waals surface area contributed by atoms with Crippen molar-refractivity contribution in [2.75, 3.05) is 12.4 Å². The van der Waals surface area contributed by atoms with Gasteiger partial charge in [-0.15, -0.1) is 11.8 Å². The van der Waals surface area contributed by atoms with Gasteiger partial charge < -0.3 is 4.74 Å². The highest BCUT2D eigenvalue weighted by Crippen LogP contribution is 2.21. The molecule has 0 saturated carbocycles. The average Bonchev–Trinajstić information content (AvgIpc) is 2.40. The van der Waals surface area contributed by atoms with Gasteiger partial charge in [0.15, 0.2) is 0 Å². The van der Waals surface area contributed by atoms with Crippen molar-refractivity contribution in [1.29, 1.82) is 0 Å². The molecule has 0 aromatic heterocycles. The van der Waals surface area contributed by atoms with Gasteiger partial charge in [0, 0.05) is 6.42 Å². The van der Waals surface area contributed by atoms with E-state index in [9.17, 15) is 13.6 Å². The van der Waals surface area contributed by atoms with Gasteiger partial charge in [-0.2, -0.15) is 0 Å². The highest BCUT2D eigenvalue weighted by atomic mass is 32.2. The van der Waals surface area contributed by atoms with Crippen molar-refractivity contribution >= 4 is 17.7 Å². The minimum absolute atomic E-state index is 0.0114. The lowest BCUT2D eigenvalue weighted by atomic mass is 10.1. The Hall–Kier alpha value is -0.320. The number of alkyl halides is 2. The molecule has 0 heterocycles. The normalized spacial score (nSPS) is 12.7. The van der Waals surface area contributed by atoms with Crippen molar-refractivity contribution in [2.24, 2.45) is 0 Å². The van der Waals surface area contributed by atoms with Crippen molar-refractivity contribution in [1.82, 2.24) is 0 Å². The molecule has 0 radical (unpaired) electrons. The first-order valence-corrected chi connectivity index (χ1v) is 8.73. The van der Waals surface area contributed by atoms with E-state index in [1.165, 1.54) is 0 Å². The molecule has 0 amide bonds. The summed E-state index contributed by atoms with van der Waals surface area (Å²) in [5.74, 6) is 0.722. The monoisotopic (exact) mass is 310 g/mol. The zero-order valence-electron chi connectivity index (χ0n) is 12.7. The molecule has 120 valence electrons. The van der Waals surface area contributed by atoms with Crippen LogP contribution in [0, 0.1) is 0 Å². The van der Waals surface area contributed by atoms with E-state index in [1.54, 1.807) is 11.8 Å². The van der Waals surface area contributed by atoms with Crippen LogP contribution in [0.5, 0.6) is 0 Å². The number of thioether (sulfide) groups is 1. The predicted molar refractivity (Wildman–Crippen MR) is 81.5 cm³/mol. The molecule has 0 N–H and O–H groups in total. The van der Waals surface area contributed by atoms with Crippen LogP contribution in [0.4, 0.5) is 8.78 Å². The maximum absolute atomic E-state index is 12.0. The Morgan fingerprint density at radius 3 is 2.35 bits per heavy atom. The first-order valence-electron chi connectivity index (χ1n) is 7.68. The van der Waals surface area contributed by atoms with Crippen LogP contribution < -0.4 is 0 Å². The van der Waals surface area contributed by atoms with Crippen molar-refractivity contribution < 1.29 is 18.3 Å². The first kappa shape index (κ1) is 19.7. The van der Waals surface area contributed by atoms with Gasteiger partial charge in [0.1, 0.15) is 5.25 Å². The van der Waals surface area contributed by atoms with E-state index < -0.39 is 6.43 Å². The summed E-state index contributed by atoms with van der Waals surface area (Å²) in [6, 6.07) is 0. The molecule has 0 aliphatic heterocycles. The molecule has 20 heavy (non-hydrogen) atoms. The van der Waals surface area contributed by atoms with Gasteiger partial charge in [-0.05, 0) is 31.9 Å². The molecule has 0 aliphatic carbocycles. The van der Waals surface area contributed by atoms with Crippen LogP contribution >= 0.6 is 11.8 Å². The number of hydrogen-bond acceptors (Lipinski definition) is 3. The minimum atomic E-state index is -2.19. The second-order valence-electron chi connectivity index (χ2n) is 4.85. The number of rotatable bonds is 13. The van der Waals surface area contributed by atoms with E-state index in [2.05, 4.69) is 6.92 Å². The molecular formula is C15H28F2O2S. The molecule has 0 spiro atoms. The van der Waals surface area contributed by atoms with Gasteiger partial charge in [0.25, 0.3) is 0 Å². The van der Waals surface area contributed by atoms with Crippen LogP contribution in [0.2, 0.25) is 0 Å². The van der Waals surface area contributed by atoms with E-state index in [-0.39, 0.29) is 17.6 Å². The molecule has 0 aliphatic rings. The standard InChI is InChI=1S/C15H28F2O2S/c1-3-5-7-10-13(15(18)19-4-2)20-12-9-6-8-11-14(16)17/h13-14H,3-12H2,1-2H3. The van der Waals surface area contributed by atoms with Gasteiger partial charge >= 0.3 is 5.97 Å². The SMILES string of the molecule is CCCCCC(SCCCCCC(F)F)C(=O)OCC. The Balaban J connectivity index is 3.81. The molecular weight excluding hydrogens is 282 g/mol. The Labute approximate surface area is 126 Å². The quantitative estimate of drug-likeness (QED) is 0.351. The number of carbonyl (C=O) groups excluding carboxylic acids is 1. The van der Waals surface area contributed by atoms with Crippen molar-refractivity contribution in [3.8, 4) is 0 Å². The Morgan fingerprint density at radius 1 is 1.05 bits per heavy atom. The molecule has 0 bridgehead atoms.